The van der Waals surface area contributed by atoms with Crippen LogP contribution in [0.3, 0.4) is 0 Å². The molecule has 0 aromatic carbocycles. The second-order valence-corrected chi connectivity index (χ2v) is 14.1. The first kappa shape index (κ1) is 32.0. The number of amidine groups is 1. The molecule has 4 rings (SSSR count). The molecule has 1 aliphatic carbocycles. The predicted octanol–water partition coefficient (Wildman–Crippen LogP) is 4.19. The minimum Gasteiger partial charge on any atom is -0.387 e. The molecule has 228 valence electrons. The van der Waals surface area contributed by atoms with E-state index in [1.807, 2.05) is 6.21 Å². The number of carbonyl (C=O) groups excluding carboxylic acids is 1. The minimum absolute atomic E-state index is 0.0314. The fraction of sp³-hybridized carbons (Fsp3) is 0.900. The molecule has 7 unspecified atom stereocenters. The van der Waals surface area contributed by atoms with Gasteiger partial charge in [0.2, 0.25) is 5.91 Å². The molecule has 3 aliphatic heterocycles. The molecule has 40 heavy (non-hydrogen) atoms. The first-order chi connectivity index (χ1) is 19.2. The highest BCUT2D eigenvalue weighted by atomic mass is 35.5. The number of likely N-dealkylation sites (N-methyl/N-ethyl adjacent to an activating group) is 1. The van der Waals surface area contributed by atoms with Crippen molar-refractivity contribution in [1.82, 2.24) is 20.4 Å². The van der Waals surface area contributed by atoms with Gasteiger partial charge in [0.25, 0.3) is 0 Å². The van der Waals surface area contributed by atoms with Gasteiger partial charge in [-0.15, -0.1) is 23.2 Å². The maximum atomic E-state index is 14.3. The van der Waals surface area contributed by atoms with E-state index in [0.717, 1.165) is 96.8 Å². The third-order valence-corrected chi connectivity index (χ3v) is 11.5. The van der Waals surface area contributed by atoms with E-state index in [4.69, 9.17) is 39.3 Å². The lowest BCUT2D eigenvalue weighted by molar-refractivity contribution is -0.127. The van der Waals surface area contributed by atoms with Crippen molar-refractivity contribution in [1.29, 1.82) is 5.41 Å². The highest BCUT2D eigenvalue weighted by Crippen LogP contribution is 2.62. The normalized spacial score (nSPS) is 36.2. The molecule has 3 heterocycles. The van der Waals surface area contributed by atoms with Gasteiger partial charge in [-0.25, -0.2) is 0 Å². The SMILES string of the molecule is CCCCC1(CC)CCC(Cl)C=NC(C(C(=N)N)C(=O)NC2CNC(Cl)CC2N2CCN(C)CC2)C12CCCC2. The van der Waals surface area contributed by atoms with Gasteiger partial charge in [-0.2, -0.15) is 0 Å². The largest absolute Gasteiger partial charge is 0.387 e. The molecule has 0 aromatic heterocycles. The van der Waals surface area contributed by atoms with E-state index < -0.39 is 5.92 Å². The van der Waals surface area contributed by atoms with Crippen LogP contribution in [0.2, 0.25) is 0 Å². The number of alkyl halides is 2. The van der Waals surface area contributed by atoms with Crippen molar-refractivity contribution in [3.05, 3.63) is 0 Å². The number of nitrogens with one attached hydrogen (secondary N) is 3. The van der Waals surface area contributed by atoms with Crippen LogP contribution in [0.1, 0.15) is 84.5 Å². The number of nitrogens with zero attached hydrogens (tertiary/aromatic N) is 3. The van der Waals surface area contributed by atoms with Gasteiger partial charge in [0.1, 0.15) is 11.8 Å². The molecular formula is C30H53Cl2N7O. The number of nitrogens with two attached hydrogens (primary N) is 1. The van der Waals surface area contributed by atoms with E-state index in [1.165, 1.54) is 0 Å². The fourth-order valence-corrected chi connectivity index (χ4v) is 8.94. The van der Waals surface area contributed by atoms with Crippen LogP contribution >= 0.6 is 23.2 Å². The first-order valence-electron chi connectivity index (χ1n) is 15.8. The maximum Gasteiger partial charge on any atom is 0.233 e. The van der Waals surface area contributed by atoms with Crippen LogP contribution < -0.4 is 16.4 Å². The molecule has 3 fully saturated rings. The Bertz CT molecular complexity index is 889. The lowest BCUT2D eigenvalue weighted by Crippen LogP contribution is -2.65. The number of piperazine rings is 1. The lowest BCUT2D eigenvalue weighted by Gasteiger charge is -2.55. The van der Waals surface area contributed by atoms with E-state index in [9.17, 15) is 4.79 Å². The Kier molecular flexibility index (Phi) is 11.2. The molecule has 8 nitrogen and oxygen atoms in total. The highest BCUT2D eigenvalue weighted by molar-refractivity contribution is 6.28. The third kappa shape index (κ3) is 6.66. The summed E-state index contributed by atoms with van der Waals surface area (Å²) in [5.74, 6) is -1.08. The topological polar surface area (TPSA) is 110 Å². The Morgan fingerprint density at radius 1 is 1.20 bits per heavy atom. The van der Waals surface area contributed by atoms with Crippen molar-refractivity contribution in [3.8, 4) is 0 Å². The molecular weight excluding hydrogens is 545 g/mol. The van der Waals surface area contributed by atoms with Crippen LogP contribution in [0.4, 0.5) is 0 Å². The van der Waals surface area contributed by atoms with Crippen LogP contribution in [0.15, 0.2) is 4.99 Å². The summed E-state index contributed by atoms with van der Waals surface area (Å²) < 4.78 is 0. The summed E-state index contributed by atoms with van der Waals surface area (Å²) in [6.45, 7) is 9.07. The number of unbranched alkanes of at least 4 members (excludes halogenated alkanes) is 1. The van der Waals surface area contributed by atoms with Gasteiger partial charge in [-0.1, -0.05) is 39.5 Å². The van der Waals surface area contributed by atoms with E-state index in [-0.39, 0.29) is 51.6 Å². The monoisotopic (exact) mass is 597 g/mol. The van der Waals surface area contributed by atoms with Crippen molar-refractivity contribution in [3.63, 3.8) is 0 Å². The summed E-state index contributed by atoms with van der Waals surface area (Å²) in [5, 5.41) is 15.3. The zero-order valence-electron chi connectivity index (χ0n) is 24.9. The van der Waals surface area contributed by atoms with Crippen molar-refractivity contribution in [2.45, 2.75) is 113 Å². The first-order valence-corrected chi connectivity index (χ1v) is 16.7. The molecule has 5 N–H and O–H groups in total. The Hall–Kier alpha value is -0.930. The molecule has 0 radical (unpaired) electrons. The molecule has 0 aromatic rings. The number of rotatable bonds is 9. The van der Waals surface area contributed by atoms with Crippen molar-refractivity contribution >= 4 is 41.2 Å². The quantitative estimate of drug-likeness (QED) is 0.138. The molecule has 2 saturated heterocycles. The van der Waals surface area contributed by atoms with Gasteiger partial charge in [0.05, 0.1) is 23.0 Å². The molecule has 1 saturated carbocycles. The zero-order valence-corrected chi connectivity index (χ0v) is 26.5. The lowest BCUT2D eigenvalue weighted by atomic mass is 9.51. The summed E-state index contributed by atoms with van der Waals surface area (Å²) in [6.07, 6.45) is 13.3. The number of aliphatic imine (C=N–C) groups is 1. The number of carbonyl (C=O) groups is 1. The average molecular weight is 599 g/mol. The van der Waals surface area contributed by atoms with Crippen LogP contribution in [-0.2, 0) is 4.79 Å². The Morgan fingerprint density at radius 2 is 1.90 bits per heavy atom. The molecule has 7 atom stereocenters. The van der Waals surface area contributed by atoms with Crippen LogP contribution in [0.25, 0.3) is 0 Å². The number of amides is 1. The van der Waals surface area contributed by atoms with Gasteiger partial charge in [-0.05, 0) is 62.8 Å². The van der Waals surface area contributed by atoms with Crippen LogP contribution in [0.5, 0.6) is 0 Å². The maximum absolute atomic E-state index is 14.3. The van der Waals surface area contributed by atoms with Gasteiger partial charge in [0.15, 0.2) is 0 Å². The second kappa shape index (κ2) is 14.0. The second-order valence-electron chi connectivity index (χ2n) is 13.0. The number of halogens is 2. The molecule has 1 amide bonds. The van der Waals surface area contributed by atoms with Crippen molar-refractivity contribution in [2.75, 3.05) is 39.8 Å². The van der Waals surface area contributed by atoms with Gasteiger partial charge in [0, 0.05) is 45.0 Å². The summed E-state index contributed by atoms with van der Waals surface area (Å²) >= 11 is 13.3. The van der Waals surface area contributed by atoms with E-state index in [0.29, 0.717) is 6.54 Å². The number of piperidine rings is 1. The van der Waals surface area contributed by atoms with E-state index in [2.05, 4.69) is 41.3 Å². The van der Waals surface area contributed by atoms with Gasteiger partial charge in [-0.3, -0.25) is 25.4 Å². The molecule has 4 aliphatic rings. The summed E-state index contributed by atoms with van der Waals surface area (Å²) in [5.41, 5.74) is 6.10. The van der Waals surface area contributed by atoms with Crippen LogP contribution in [-0.4, -0.2) is 96.5 Å². The minimum atomic E-state index is -0.814. The third-order valence-electron chi connectivity index (χ3n) is 10.9. The fourth-order valence-electron chi connectivity index (χ4n) is 8.49. The predicted molar refractivity (Wildman–Crippen MR) is 167 cm³/mol. The van der Waals surface area contributed by atoms with E-state index >= 15 is 0 Å². The Balaban J connectivity index is 1.66. The Morgan fingerprint density at radius 3 is 2.52 bits per heavy atom. The van der Waals surface area contributed by atoms with Gasteiger partial charge >= 0.3 is 0 Å². The molecule has 0 bridgehead atoms. The average Bonchev–Trinajstić information content (AvgIpc) is 3.43. The molecule has 10 heteroatoms. The number of hydrogen-bond donors (Lipinski definition) is 4. The molecule has 1 spiro atoms. The zero-order chi connectivity index (χ0) is 28.9. The van der Waals surface area contributed by atoms with E-state index in [1.54, 1.807) is 0 Å². The summed E-state index contributed by atoms with van der Waals surface area (Å²) in [6, 6.07) is -0.353. The van der Waals surface area contributed by atoms with Crippen molar-refractivity contribution < 1.29 is 4.79 Å². The summed E-state index contributed by atoms with van der Waals surface area (Å²) in [4.78, 5) is 24.3. The standard InChI is InChI=1S/C30H53Cl2N7O/c1-4-6-10-29(5-2)13-9-21(31)19-36-26(30(29)11-7-8-12-30)25(27(33)34)28(40)37-22-20-35-24(32)18-23(22)39-16-14-38(3)15-17-39/h19,21-26,35H,4-18,20H2,1-3H3,(H3,33,34)(H,37,40). The van der Waals surface area contributed by atoms with Crippen molar-refractivity contribution in [2.24, 2.45) is 27.5 Å². The number of hydrogen-bond acceptors (Lipinski definition) is 6. The van der Waals surface area contributed by atoms with Crippen LogP contribution in [0, 0.1) is 22.2 Å². The smallest absolute Gasteiger partial charge is 0.233 e. The Labute approximate surface area is 252 Å². The highest BCUT2D eigenvalue weighted by Gasteiger charge is 2.59. The summed E-state index contributed by atoms with van der Waals surface area (Å²) in [7, 11) is 2.15. The van der Waals surface area contributed by atoms with Gasteiger partial charge < -0.3 is 16.0 Å².